The summed E-state index contributed by atoms with van der Waals surface area (Å²) in [5.74, 6) is -1.46. The molecule has 0 aromatic rings. The van der Waals surface area contributed by atoms with Gasteiger partial charge in [0.05, 0.1) is 18.3 Å². The Bertz CT molecular complexity index is 330. The zero-order valence-electron chi connectivity index (χ0n) is 10.7. The normalized spacial score (nSPS) is 30.8. The Kier molecular flexibility index (Phi) is 8.83. The summed E-state index contributed by atoms with van der Waals surface area (Å²) in [5.41, 5.74) is -0.348. The van der Waals surface area contributed by atoms with Crippen molar-refractivity contribution in [3.63, 3.8) is 0 Å². The number of aliphatic hydroxyl groups is 2. The van der Waals surface area contributed by atoms with Crippen LogP contribution in [0.2, 0.25) is 0 Å². The van der Waals surface area contributed by atoms with Crippen LogP contribution < -0.4 is 34.7 Å². The smallest absolute Gasteiger partial charge is 0.543 e. The van der Waals surface area contributed by atoms with Crippen molar-refractivity contribution < 1.29 is 64.0 Å². The van der Waals surface area contributed by atoms with E-state index >= 15 is 0 Å². The number of ether oxygens (including phenoxy) is 2. The largest absolute Gasteiger partial charge is 1.00 e. The molecule has 1 aliphatic heterocycles. The second kappa shape index (κ2) is 8.91. The van der Waals surface area contributed by atoms with E-state index in [1.165, 1.54) is 6.92 Å². The molecule has 2 N–H and O–H groups in total. The van der Waals surface area contributed by atoms with Crippen LogP contribution >= 0.6 is 0 Å². The van der Waals surface area contributed by atoms with Crippen molar-refractivity contribution in [2.45, 2.75) is 31.2 Å². The van der Waals surface area contributed by atoms with Gasteiger partial charge in [-0.05, 0) is 6.92 Å². The third-order valence-corrected chi connectivity index (χ3v) is 2.36. The van der Waals surface area contributed by atoms with Crippen LogP contribution in [0, 0.1) is 0 Å². The predicted octanol–water partition coefficient (Wildman–Crippen LogP) is -6.28. The summed E-state index contributed by atoms with van der Waals surface area (Å²) in [6, 6.07) is -0.910. The minimum absolute atomic E-state index is 0. The Morgan fingerprint density at radius 3 is 2.68 bits per heavy atom. The molecule has 100 valence electrons. The van der Waals surface area contributed by atoms with E-state index < -0.39 is 43.7 Å². The van der Waals surface area contributed by atoms with Gasteiger partial charge in [0, 0.05) is 6.00 Å². The summed E-state index contributed by atoms with van der Waals surface area (Å²) in [5, 5.41) is 31.9. The fourth-order valence-corrected chi connectivity index (χ4v) is 1.38. The molecule has 0 aromatic carbocycles. The molecule has 8 nitrogen and oxygen atoms in total. The number of aliphatic hydroxyl groups excluding tert-OH is 2. The van der Waals surface area contributed by atoms with Gasteiger partial charge in [0.15, 0.2) is 0 Å². The summed E-state index contributed by atoms with van der Waals surface area (Å²) in [6.07, 6.45) is -2.81. The number of oxime groups is 1. The molecule has 0 saturated carbocycles. The van der Waals surface area contributed by atoms with Crippen molar-refractivity contribution in [3.8, 4) is 0 Å². The van der Waals surface area contributed by atoms with E-state index in [4.69, 9.17) is 22.4 Å². The number of carboxylic acids is 1. The van der Waals surface area contributed by atoms with Gasteiger partial charge in [0.25, 0.3) is 0 Å². The van der Waals surface area contributed by atoms with Crippen LogP contribution in [0.4, 0.5) is 0 Å². The number of hydrogen-bond donors (Lipinski definition) is 2. The maximum atomic E-state index is 10.3. The van der Waals surface area contributed by atoms with Crippen LogP contribution in [0.25, 0.3) is 0 Å². The summed E-state index contributed by atoms with van der Waals surface area (Å²) in [6.45, 7) is 0.384. The Hall–Kier alpha value is -0.155. The van der Waals surface area contributed by atoms with E-state index in [0.29, 0.717) is 0 Å². The Morgan fingerprint density at radius 1 is 1.58 bits per heavy atom. The number of carbonyl (C=O) groups excluding carboxylic acids is 1. The van der Waals surface area contributed by atoms with E-state index in [-0.39, 0.29) is 35.3 Å². The second-order valence-electron chi connectivity index (χ2n) is 3.65. The van der Waals surface area contributed by atoms with Crippen LogP contribution in [0.1, 0.15) is 6.92 Å². The average Bonchev–Trinajstić information content (AvgIpc) is 2.60. The molecule has 4 atom stereocenters. The first-order valence-corrected chi connectivity index (χ1v) is 5.16. The fraction of sp³-hybridized carbons (Fsp3) is 0.778. The van der Waals surface area contributed by atoms with Crippen molar-refractivity contribution in [1.82, 2.24) is 0 Å². The van der Waals surface area contributed by atoms with Crippen LogP contribution in [-0.4, -0.2) is 67.5 Å². The molecule has 1 rings (SSSR count). The van der Waals surface area contributed by atoms with Crippen molar-refractivity contribution in [1.29, 1.82) is 0 Å². The molecular weight excluding hydrogens is 268 g/mol. The third-order valence-electron chi connectivity index (χ3n) is 2.36. The van der Waals surface area contributed by atoms with Crippen molar-refractivity contribution in [3.05, 3.63) is 0 Å². The summed E-state index contributed by atoms with van der Waals surface area (Å²) in [4.78, 5) is 14.8. The number of aliphatic carboxylic acids is 1. The maximum absolute atomic E-state index is 10.3. The minimum Gasteiger partial charge on any atom is -0.543 e. The van der Waals surface area contributed by atoms with Gasteiger partial charge in [-0.1, -0.05) is 5.16 Å². The monoisotopic (exact) mass is 281 g/mol. The molecule has 1 heterocycles. The van der Waals surface area contributed by atoms with Gasteiger partial charge in [0.2, 0.25) is 6.79 Å². The van der Waals surface area contributed by atoms with E-state index in [0.717, 1.165) is 0 Å². The number of nitrogens with zero attached hydrogens (tertiary/aromatic N) is 1. The molecule has 1 saturated heterocycles. The molecule has 19 heavy (non-hydrogen) atoms. The van der Waals surface area contributed by atoms with E-state index in [1.807, 2.05) is 0 Å². The molecule has 1 unspecified atom stereocenters. The average molecular weight is 281 g/mol. The zero-order valence-corrected chi connectivity index (χ0v) is 12.7. The molecule has 0 aromatic heterocycles. The molecule has 0 bridgehead atoms. The van der Waals surface area contributed by atoms with Crippen molar-refractivity contribution in [2.24, 2.45) is 5.16 Å². The molecule has 1 aliphatic rings. The van der Waals surface area contributed by atoms with Crippen LogP contribution in [0.5, 0.6) is 0 Å². The van der Waals surface area contributed by atoms with Gasteiger partial charge < -0.3 is 34.4 Å². The number of rotatable bonds is 6. The van der Waals surface area contributed by atoms with E-state index in [2.05, 4.69) is 9.99 Å². The maximum Gasteiger partial charge on any atom is 1.00 e. The molecule has 0 aliphatic carbocycles. The molecule has 1 fully saturated rings. The predicted molar refractivity (Wildman–Crippen MR) is 56.4 cm³/mol. The molecule has 0 spiro atoms. The topological polar surface area (TPSA) is 121 Å². The number of carboxylic acid groups (broad SMARTS) is 1. The second-order valence-corrected chi connectivity index (χ2v) is 3.65. The SMILES string of the molecule is [B][C@@H]1O[C@H](CO)C(O)[C@@H]1OCO/N=C(/C)C(=O)[O-].[Na+]. The van der Waals surface area contributed by atoms with E-state index in [9.17, 15) is 15.0 Å². The Labute approximate surface area is 133 Å². The van der Waals surface area contributed by atoms with E-state index in [1.54, 1.807) is 0 Å². The Balaban J connectivity index is 0.00000324. The van der Waals surface area contributed by atoms with Gasteiger partial charge in [-0.2, -0.15) is 0 Å². The van der Waals surface area contributed by atoms with Crippen LogP contribution in [-0.2, 0) is 19.1 Å². The van der Waals surface area contributed by atoms with Crippen LogP contribution in [0.3, 0.4) is 0 Å². The fourth-order valence-electron chi connectivity index (χ4n) is 1.38. The zero-order chi connectivity index (χ0) is 13.7. The van der Waals surface area contributed by atoms with Gasteiger partial charge in [-0.25, -0.2) is 0 Å². The first kappa shape index (κ1) is 18.8. The Morgan fingerprint density at radius 2 is 2.21 bits per heavy atom. The summed E-state index contributed by atoms with van der Waals surface area (Å²) >= 11 is 0. The third kappa shape index (κ3) is 5.38. The first-order valence-electron chi connectivity index (χ1n) is 5.16. The molecular formula is C9H13BNNaO7. The van der Waals surface area contributed by atoms with Crippen LogP contribution in [0.15, 0.2) is 5.16 Å². The minimum atomic E-state index is -1.46. The molecule has 10 heteroatoms. The standard InChI is InChI=1S/C9H14BNO7.Na/c1-4(9(14)15)11-17-3-16-7-6(13)5(2-12)18-8(7)10;/h5-8,12-13H,2-3H2,1H3,(H,14,15);/q;+1/p-1/b11-4-;/t5-,6?,7+,8-;/m1./s1. The first-order chi connectivity index (χ1) is 8.47. The summed E-state index contributed by atoms with van der Waals surface area (Å²) < 4.78 is 10.0. The van der Waals surface area contributed by atoms with Gasteiger partial charge in [0.1, 0.15) is 26.2 Å². The van der Waals surface area contributed by atoms with Gasteiger partial charge in [-0.3, -0.25) is 0 Å². The number of carbonyl (C=O) groups is 1. The van der Waals surface area contributed by atoms with Gasteiger partial charge in [-0.15, -0.1) is 0 Å². The number of hydrogen-bond acceptors (Lipinski definition) is 8. The van der Waals surface area contributed by atoms with Gasteiger partial charge >= 0.3 is 29.6 Å². The van der Waals surface area contributed by atoms with Crippen molar-refractivity contribution in [2.75, 3.05) is 13.4 Å². The quantitative estimate of drug-likeness (QED) is 0.163. The van der Waals surface area contributed by atoms with Crippen molar-refractivity contribution >= 4 is 19.5 Å². The molecule has 0 amide bonds. The molecule has 2 radical (unpaired) electrons. The summed E-state index contributed by atoms with van der Waals surface area (Å²) in [7, 11) is 5.51.